The number of aliphatic hydroxyl groups excluding tert-OH is 1. The lowest BCUT2D eigenvalue weighted by molar-refractivity contribution is -0.149. The summed E-state index contributed by atoms with van der Waals surface area (Å²) in [7, 11) is -3.60. The Morgan fingerprint density at radius 3 is 2.38 bits per heavy atom. The van der Waals surface area contributed by atoms with Crippen LogP contribution in [0.3, 0.4) is 0 Å². The Balaban J connectivity index is 1.32. The number of carbonyl (C=O) groups is 3. The fraction of sp³-hybridized carbons (Fsp3) is 0.293. The Bertz CT molecular complexity index is 2040. The maximum atomic E-state index is 16.6. The van der Waals surface area contributed by atoms with Crippen molar-refractivity contribution in [3.8, 4) is 11.5 Å². The number of aliphatic hydroxyl groups is 1. The topological polar surface area (TPSA) is 99.6 Å². The van der Waals surface area contributed by atoms with E-state index in [-0.39, 0.29) is 50.4 Å². The molecule has 0 aliphatic carbocycles. The minimum absolute atomic E-state index is 0.0959. The number of nitrogens with zero attached hydrogens (tertiary/aromatic N) is 3. The molecular weight excluding hydrogens is 678 g/mol. The molecule has 1 N–H and O–H groups in total. The number of carbonyl (C=O) groups excluding carboxylic acids is 3. The number of benzene rings is 4. The quantitative estimate of drug-likeness (QED) is 0.104. The van der Waals surface area contributed by atoms with Gasteiger partial charge in [-0.15, -0.1) is 6.58 Å². The Kier molecular flexibility index (Phi) is 9.37. The van der Waals surface area contributed by atoms with E-state index in [0.717, 1.165) is 5.56 Å². The van der Waals surface area contributed by atoms with Crippen LogP contribution in [0.4, 0.5) is 21.2 Å². The third-order valence-corrected chi connectivity index (χ3v) is 12.9. The molecule has 11 heteroatoms. The summed E-state index contributed by atoms with van der Waals surface area (Å²) in [6.45, 7) is 9.20. The van der Waals surface area contributed by atoms with Crippen molar-refractivity contribution in [3.63, 3.8) is 0 Å². The number of halogens is 1. The molecule has 0 saturated carbocycles. The average Bonchev–Trinajstić information content (AvgIpc) is 3.50. The van der Waals surface area contributed by atoms with Crippen molar-refractivity contribution in [1.82, 2.24) is 4.90 Å². The molecule has 9 nitrogen and oxygen atoms in total. The molecule has 3 aliphatic heterocycles. The molecule has 1 fully saturated rings. The summed E-state index contributed by atoms with van der Waals surface area (Å²) in [6.07, 6.45) is 0.538. The number of ether oxygens (including phenoxy) is 2. The first-order valence-electron chi connectivity index (χ1n) is 17.6. The Morgan fingerprint density at radius 1 is 0.981 bits per heavy atom. The zero-order valence-corrected chi connectivity index (χ0v) is 30.5. The van der Waals surface area contributed by atoms with E-state index in [1.165, 1.54) is 0 Å². The van der Waals surface area contributed by atoms with E-state index in [2.05, 4.69) is 6.58 Å². The van der Waals surface area contributed by atoms with Crippen molar-refractivity contribution in [2.75, 3.05) is 29.5 Å². The summed E-state index contributed by atoms with van der Waals surface area (Å²) in [5, 5.41) is 9.85. The largest absolute Gasteiger partial charge is 0.454 e. The number of fused-ring (bicyclic) bond motifs is 4. The SMILES string of the molecule is C=CCN1C(=O)[C@]2(O[C@H](CC(=O)N(CCO)Cc3ccccc3)[C@@H]([Si](C)(C)F)[C@@H]2C)c2cc(N3C(=O)c4ccccc4Oc4ccccc43)ccc21. The van der Waals surface area contributed by atoms with Crippen molar-refractivity contribution in [1.29, 1.82) is 0 Å². The Labute approximate surface area is 304 Å². The molecule has 0 aromatic heterocycles. The van der Waals surface area contributed by atoms with E-state index in [9.17, 15) is 19.5 Å². The predicted molar refractivity (Wildman–Crippen MR) is 200 cm³/mol. The summed E-state index contributed by atoms with van der Waals surface area (Å²) in [4.78, 5) is 47.8. The van der Waals surface area contributed by atoms with Crippen molar-refractivity contribution < 1.29 is 33.1 Å². The Morgan fingerprint density at radius 2 is 1.67 bits per heavy atom. The number of amides is 3. The molecule has 0 unspecified atom stereocenters. The van der Waals surface area contributed by atoms with Gasteiger partial charge in [0.25, 0.3) is 11.8 Å². The van der Waals surface area contributed by atoms with Gasteiger partial charge < -0.3 is 28.5 Å². The van der Waals surface area contributed by atoms with Crippen LogP contribution in [0.15, 0.2) is 110 Å². The molecule has 3 aliphatic rings. The predicted octanol–water partition coefficient (Wildman–Crippen LogP) is 7.49. The highest BCUT2D eigenvalue weighted by Gasteiger charge is 2.67. The summed E-state index contributed by atoms with van der Waals surface area (Å²) >= 11 is 0. The lowest BCUT2D eigenvalue weighted by Crippen LogP contribution is -2.45. The molecule has 3 amide bonds. The first-order chi connectivity index (χ1) is 25.0. The molecule has 4 aromatic rings. The van der Waals surface area contributed by atoms with Gasteiger partial charge in [-0.05, 0) is 61.1 Å². The van der Waals surface area contributed by atoms with E-state index in [1.54, 1.807) is 88.5 Å². The molecule has 52 heavy (non-hydrogen) atoms. The monoisotopic (exact) mass is 719 g/mol. The van der Waals surface area contributed by atoms with Crippen LogP contribution in [0, 0.1) is 5.92 Å². The van der Waals surface area contributed by atoms with E-state index in [1.807, 2.05) is 49.4 Å². The van der Waals surface area contributed by atoms with Crippen LogP contribution in [0.25, 0.3) is 0 Å². The van der Waals surface area contributed by atoms with E-state index < -0.39 is 31.6 Å². The Hall–Kier alpha value is -5.10. The fourth-order valence-electron chi connectivity index (χ4n) is 8.27. The standard InChI is InChI=1S/C41H42FN3O6Si/c1-5-21-44-32-20-19-29(45-33-16-10-12-18-35(33)50-34-17-11-9-15-30(34)39(45)48)24-31(32)41(40(44)49)27(2)38(52(3,4)42)36(51-41)25-37(47)43(22-23-46)26-28-13-7-6-8-14-28/h5-20,24,27,36,38,46H,1,21-23,25-26H2,2-4H3/t27-,36+,38-,41+/m0/s1. The molecule has 7 rings (SSSR count). The molecule has 3 heterocycles. The second-order valence-corrected chi connectivity index (χ2v) is 17.9. The van der Waals surface area contributed by atoms with Crippen LogP contribution in [-0.4, -0.2) is 61.9 Å². The van der Waals surface area contributed by atoms with Crippen LogP contribution in [0.5, 0.6) is 11.5 Å². The molecule has 0 radical (unpaired) electrons. The smallest absolute Gasteiger partial charge is 0.266 e. The number of para-hydroxylation sites is 3. The van der Waals surface area contributed by atoms with Crippen molar-refractivity contribution in [2.24, 2.45) is 5.92 Å². The third kappa shape index (κ3) is 5.92. The van der Waals surface area contributed by atoms with Gasteiger partial charge in [-0.3, -0.25) is 19.3 Å². The van der Waals surface area contributed by atoms with E-state index in [4.69, 9.17) is 9.47 Å². The van der Waals surface area contributed by atoms with Gasteiger partial charge in [0.2, 0.25) is 14.3 Å². The number of rotatable bonds is 10. The first kappa shape index (κ1) is 35.3. The van der Waals surface area contributed by atoms with Crippen LogP contribution in [-0.2, 0) is 26.5 Å². The van der Waals surface area contributed by atoms with Crippen LogP contribution in [0.1, 0.15) is 34.8 Å². The minimum Gasteiger partial charge on any atom is -0.454 e. The molecule has 4 atom stereocenters. The summed E-state index contributed by atoms with van der Waals surface area (Å²) in [5.41, 5.74) is 0.972. The molecule has 268 valence electrons. The highest BCUT2D eigenvalue weighted by atomic mass is 28.4. The van der Waals surface area contributed by atoms with Crippen LogP contribution >= 0.6 is 0 Å². The van der Waals surface area contributed by atoms with Gasteiger partial charge >= 0.3 is 0 Å². The molecular formula is C41H42FN3O6Si. The van der Waals surface area contributed by atoms with E-state index >= 15 is 4.11 Å². The fourth-order valence-corrected chi connectivity index (χ4v) is 10.8. The summed E-state index contributed by atoms with van der Waals surface area (Å²) in [5.74, 6) is -0.736. The summed E-state index contributed by atoms with van der Waals surface area (Å²) < 4.78 is 29.7. The van der Waals surface area contributed by atoms with E-state index in [0.29, 0.717) is 39.7 Å². The number of hydrogen-bond donors (Lipinski definition) is 1. The van der Waals surface area contributed by atoms with Crippen molar-refractivity contribution in [2.45, 2.75) is 50.2 Å². The number of anilines is 3. The highest BCUT2D eigenvalue weighted by molar-refractivity contribution is 6.72. The zero-order valence-electron chi connectivity index (χ0n) is 29.5. The number of hydrogen-bond acceptors (Lipinski definition) is 6. The second-order valence-electron chi connectivity index (χ2n) is 14.1. The van der Waals surface area contributed by atoms with Gasteiger partial charge in [-0.1, -0.05) is 67.6 Å². The molecule has 1 spiro atoms. The van der Waals surface area contributed by atoms with Gasteiger partial charge in [-0.25, -0.2) is 0 Å². The average molecular weight is 720 g/mol. The molecule has 1 saturated heterocycles. The summed E-state index contributed by atoms with van der Waals surface area (Å²) in [6, 6.07) is 29.1. The van der Waals surface area contributed by atoms with Crippen LogP contribution < -0.4 is 14.5 Å². The lowest BCUT2D eigenvalue weighted by atomic mass is 9.82. The van der Waals surface area contributed by atoms with Gasteiger partial charge in [0.1, 0.15) is 5.75 Å². The van der Waals surface area contributed by atoms with Crippen molar-refractivity contribution >= 4 is 43.2 Å². The maximum Gasteiger partial charge on any atom is 0.266 e. The maximum absolute atomic E-state index is 16.6. The van der Waals surface area contributed by atoms with Crippen LogP contribution in [0.2, 0.25) is 18.6 Å². The first-order valence-corrected chi connectivity index (χ1v) is 20.5. The van der Waals surface area contributed by atoms with Crippen molar-refractivity contribution in [3.05, 3.63) is 126 Å². The van der Waals surface area contributed by atoms with Gasteiger partial charge in [0, 0.05) is 42.3 Å². The third-order valence-electron chi connectivity index (χ3n) is 10.5. The molecule has 4 aromatic carbocycles. The zero-order chi connectivity index (χ0) is 36.8. The molecule has 0 bridgehead atoms. The van der Waals surface area contributed by atoms with Gasteiger partial charge in [0.05, 0.1) is 36.1 Å². The van der Waals surface area contributed by atoms with Gasteiger partial charge in [0.15, 0.2) is 11.4 Å². The second kappa shape index (κ2) is 13.8. The lowest BCUT2D eigenvalue weighted by Gasteiger charge is -2.31. The minimum atomic E-state index is -3.60. The normalized spacial score (nSPS) is 22.1. The van der Waals surface area contributed by atoms with Gasteiger partial charge in [-0.2, -0.15) is 0 Å². The highest BCUT2D eigenvalue weighted by Crippen LogP contribution is 2.61.